The fourth-order valence-corrected chi connectivity index (χ4v) is 4.53. The normalized spacial score (nSPS) is 11.3. The lowest BCUT2D eigenvalue weighted by Gasteiger charge is -2.24. The van der Waals surface area contributed by atoms with Gasteiger partial charge < -0.3 is 5.32 Å². The zero-order valence-electron chi connectivity index (χ0n) is 17.3. The maximum Gasteiger partial charge on any atom is 0.255 e. The van der Waals surface area contributed by atoms with Crippen molar-refractivity contribution < 1.29 is 13.2 Å². The van der Waals surface area contributed by atoms with Crippen molar-refractivity contribution >= 4 is 50.5 Å². The fourth-order valence-electron chi connectivity index (χ4n) is 3.19. The van der Waals surface area contributed by atoms with Crippen LogP contribution in [0, 0.1) is 13.8 Å². The molecular formula is C23H22Cl2N2O3S. The fraction of sp³-hybridized carbons (Fsp3) is 0.174. The number of halogens is 2. The van der Waals surface area contributed by atoms with E-state index in [1.807, 2.05) is 32.0 Å². The molecule has 0 aliphatic carbocycles. The van der Waals surface area contributed by atoms with E-state index in [0.717, 1.165) is 23.1 Å². The summed E-state index contributed by atoms with van der Waals surface area (Å²) in [5.41, 5.74) is 4.21. The third-order valence-corrected chi connectivity index (χ3v) is 6.80. The second-order valence-electron chi connectivity index (χ2n) is 7.26. The minimum atomic E-state index is -3.62. The van der Waals surface area contributed by atoms with E-state index < -0.39 is 10.0 Å². The molecular weight excluding hydrogens is 455 g/mol. The van der Waals surface area contributed by atoms with E-state index >= 15 is 0 Å². The highest BCUT2D eigenvalue weighted by Crippen LogP contribution is 2.34. The Bertz CT molecular complexity index is 1210. The molecule has 162 valence electrons. The molecule has 0 radical (unpaired) electrons. The molecule has 3 aromatic rings. The van der Waals surface area contributed by atoms with Gasteiger partial charge in [-0.3, -0.25) is 9.10 Å². The van der Waals surface area contributed by atoms with E-state index in [0.29, 0.717) is 16.8 Å². The van der Waals surface area contributed by atoms with Crippen LogP contribution in [0.1, 0.15) is 27.0 Å². The number of rotatable bonds is 6. The van der Waals surface area contributed by atoms with Crippen LogP contribution in [0.3, 0.4) is 0 Å². The van der Waals surface area contributed by atoms with Crippen molar-refractivity contribution in [1.29, 1.82) is 0 Å². The number of anilines is 2. The number of carbonyl (C=O) groups is 1. The first-order chi connectivity index (χ1) is 14.6. The zero-order valence-corrected chi connectivity index (χ0v) is 19.6. The topological polar surface area (TPSA) is 66.5 Å². The quantitative estimate of drug-likeness (QED) is 0.486. The first kappa shape index (κ1) is 23.1. The summed E-state index contributed by atoms with van der Waals surface area (Å²) in [5.74, 6) is -0.234. The summed E-state index contributed by atoms with van der Waals surface area (Å²) < 4.78 is 26.0. The smallest absolute Gasteiger partial charge is 0.255 e. The van der Waals surface area contributed by atoms with Crippen LogP contribution in [-0.2, 0) is 16.6 Å². The molecule has 31 heavy (non-hydrogen) atoms. The standard InChI is InChI=1S/C23H22Cl2N2O3S/c1-15-6-4-7-16(2)22(15)26-23(28)18-12-10-17(11-13-18)14-27(31(3,29)30)20-9-5-8-19(24)21(20)25/h4-13H,14H2,1-3H3,(H,26,28). The van der Waals surface area contributed by atoms with E-state index in [1.54, 1.807) is 42.5 Å². The largest absolute Gasteiger partial charge is 0.322 e. The van der Waals surface area contributed by atoms with Crippen LogP contribution in [0.25, 0.3) is 0 Å². The molecule has 0 aromatic heterocycles. The van der Waals surface area contributed by atoms with Crippen LogP contribution >= 0.6 is 23.2 Å². The Morgan fingerprint density at radius 2 is 1.52 bits per heavy atom. The van der Waals surface area contributed by atoms with Gasteiger partial charge >= 0.3 is 0 Å². The summed E-state index contributed by atoms with van der Waals surface area (Å²) in [6, 6.07) is 17.4. The average Bonchev–Trinajstić information content (AvgIpc) is 2.71. The van der Waals surface area contributed by atoms with Crippen LogP contribution in [0.15, 0.2) is 60.7 Å². The second-order valence-corrected chi connectivity index (χ2v) is 9.95. The van der Waals surface area contributed by atoms with Gasteiger partial charge in [-0.2, -0.15) is 0 Å². The zero-order chi connectivity index (χ0) is 22.8. The van der Waals surface area contributed by atoms with Crippen molar-refractivity contribution in [3.63, 3.8) is 0 Å². The van der Waals surface area contributed by atoms with Gasteiger partial charge in [0.1, 0.15) is 0 Å². The molecule has 0 saturated heterocycles. The molecule has 1 amide bonds. The predicted octanol–water partition coefficient (Wildman–Crippen LogP) is 5.83. The lowest BCUT2D eigenvalue weighted by molar-refractivity contribution is 0.102. The molecule has 0 saturated carbocycles. The molecule has 1 N–H and O–H groups in total. The second kappa shape index (κ2) is 9.30. The van der Waals surface area contributed by atoms with Crippen LogP contribution in [-0.4, -0.2) is 20.6 Å². The van der Waals surface area contributed by atoms with Crippen LogP contribution in [0.4, 0.5) is 11.4 Å². The lowest BCUT2D eigenvalue weighted by atomic mass is 10.1. The first-order valence-corrected chi connectivity index (χ1v) is 12.1. The van der Waals surface area contributed by atoms with Crippen LogP contribution < -0.4 is 9.62 Å². The van der Waals surface area contributed by atoms with Gasteiger partial charge in [0, 0.05) is 11.3 Å². The van der Waals surface area contributed by atoms with Gasteiger partial charge in [0.2, 0.25) is 10.0 Å². The van der Waals surface area contributed by atoms with Gasteiger partial charge in [-0.15, -0.1) is 0 Å². The monoisotopic (exact) mass is 476 g/mol. The van der Waals surface area contributed by atoms with Gasteiger partial charge in [0.25, 0.3) is 5.91 Å². The Morgan fingerprint density at radius 3 is 2.10 bits per heavy atom. The molecule has 5 nitrogen and oxygen atoms in total. The average molecular weight is 477 g/mol. The minimum absolute atomic E-state index is 0.0533. The molecule has 0 fully saturated rings. The predicted molar refractivity (Wildman–Crippen MR) is 128 cm³/mol. The van der Waals surface area contributed by atoms with E-state index in [-0.39, 0.29) is 22.5 Å². The summed E-state index contributed by atoms with van der Waals surface area (Å²) in [4.78, 5) is 12.7. The van der Waals surface area contributed by atoms with Crippen LogP contribution in [0.5, 0.6) is 0 Å². The Hall–Kier alpha value is -2.54. The number of nitrogens with zero attached hydrogens (tertiary/aromatic N) is 1. The summed E-state index contributed by atoms with van der Waals surface area (Å²) in [5, 5.41) is 3.38. The van der Waals surface area contributed by atoms with Crippen molar-refractivity contribution in [2.24, 2.45) is 0 Å². The van der Waals surface area contributed by atoms with Crippen molar-refractivity contribution in [2.45, 2.75) is 20.4 Å². The number of sulfonamides is 1. The number of carbonyl (C=O) groups excluding carboxylic acids is 1. The molecule has 3 aromatic carbocycles. The highest BCUT2D eigenvalue weighted by Gasteiger charge is 2.21. The first-order valence-electron chi connectivity index (χ1n) is 9.46. The van der Waals surface area contributed by atoms with E-state index in [4.69, 9.17) is 23.2 Å². The summed E-state index contributed by atoms with van der Waals surface area (Å²) in [7, 11) is -3.62. The number of hydrogen-bond acceptors (Lipinski definition) is 3. The summed E-state index contributed by atoms with van der Waals surface area (Å²) in [6.07, 6.45) is 1.11. The van der Waals surface area contributed by atoms with Crippen molar-refractivity contribution in [3.05, 3.63) is 93.0 Å². The Balaban J connectivity index is 1.83. The molecule has 0 aliphatic rings. The van der Waals surface area contributed by atoms with E-state index in [9.17, 15) is 13.2 Å². The molecule has 0 heterocycles. The van der Waals surface area contributed by atoms with E-state index in [1.165, 1.54) is 4.31 Å². The summed E-state index contributed by atoms with van der Waals surface area (Å²) in [6.45, 7) is 3.93. The Morgan fingerprint density at radius 1 is 0.935 bits per heavy atom. The SMILES string of the molecule is Cc1cccc(C)c1NC(=O)c1ccc(CN(c2cccc(Cl)c2Cl)S(C)(=O)=O)cc1. The lowest BCUT2D eigenvalue weighted by Crippen LogP contribution is -2.29. The number of benzene rings is 3. The highest BCUT2D eigenvalue weighted by molar-refractivity contribution is 7.92. The van der Waals surface area contributed by atoms with Gasteiger partial charge in [0.05, 0.1) is 28.5 Å². The molecule has 0 spiro atoms. The third-order valence-electron chi connectivity index (χ3n) is 4.86. The van der Waals surface area contributed by atoms with Gasteiger partial charge in [0.15, 0.2) is 0 Å². The third kappa shape index (κ3) is 5.39. The number of amides is 1. The van der Waals surface area contributed by atoms with Gasteiger partial charge in [-0.1, -0.05) is 59.6 Å². The molecule has 8 heteroatoms. The Labute approximate surface area is 192 Å². The minimum Gasteiger partial charge on any atom is -0.322 e. The van der Waals surface area contributed by atoms with Crippen molar-refractivity contribution in [3.8, 4) is 0 Å². The molecule has 0 unspecified atom stereocenters. The number of hydrogen-bond donors (Lipinski definition) is 1. The van der Waals surface area contributed by atoms with E-state index in [2.05, 4.69) is 5.32 Å². The molecule has 0 atom stereocenters. The molecule has 0 aliphatic heterocycles. The van der Waals surface area contributed by atoms with Gasteiger partial charge in [-0.25, -0.2) is 8.42 Å². The Kier molecular flexibility index (Phi) is 6.94. The number of aryl methyl sites for hydroxylation is 2. The summed E-state index contributed by atoms with van der Waals surface area (Å²) >= 11 is 12.3. The van der Waals surface area contributed by atoms with Gasteiger partial charge in [-0.05, 0) is 54.8 Å². The van der Waals surface area contributed by atoms with Crippen molar-refractivity contribution in [1.82, 2.24) is 0 Å². The van der Waals surface area contributed by atoms with Crippen LogP contribution in [0.2, 0.25) is 10.0 Å². The number of nitrogens with one attached hydrogen (secondary N) is 1. The molecule has 3 rings (SSSR count). The molecule has 0 bridgehead atoms. The maximum absolute atomic E-state index is 12.7. The van der Waals surface area contributed by atoms with Crippen molar-refractivity contribution in [2.75, 3.05) is 15.9 Å². The maximum atomic E-state index is 12.7. The number of para-hydroxylation sites is 1. The highest BCUT2D eigenvalue weighted by atomic mass is 35.5.